The standard InChI is InChI=1S/C14H17ClFNO2/c15-12-6-5-10(9-13(12)16)14(19)17(7-8-18)11-3-1-2-4-11/h5-6,9,11,18H,1-4,7-8H2. The van der Waals surface area contributed by atoms with Crippen LogP contribution in [0.5, 0.6) is 0 Å². The van der Waals surface area contributed by atoms with Crippen molar-refractivity contribution in [2.75, 3.05) is 13.2 Å². The number of carbonyl (C=O) groups is 1. The van der Waals surface area contributed by atoms with Gasteiger partial charge in [-0.1, -0.05) is 24.4 Å². The van der Waals surface area contributed by atoms with Crippen LogP contribution in [0.3, 0.4) is 0 Å². The van der Waals surface area contributed by atoms with Gasteiger partial charge >= 0.3 is 0 Å². The number of aliphatic hydroxyl groups is 1. The summed E-state index contributed by atoms with van der Waals surface area (Å²) in [7, 11) is 0. The SMILES string of the molecule is O=C(c1ccc(Cl)c(F)c1)N(CCO)C1CCCC1. The fraction of sp³-hybridized carbons (Fsp3) is 0.500. The third-order valence-corrected chi connectivity index (χ3v) is 3.84. The van der Waals surface area contributed by atoms with Gasteiger partial charge in [0.2, 0.25) is 0 Å². The maximum absolute atomic E-state index is 13.4. The molecule has 0 radical (unpaired) electrons. The zero-order valence-electron chi connectivity index (χ0n) is 10.6. The van der Waals surface area contributed by atoms with E-state index in [2.05, 4.69) is 0 Å². The van der Waals surface area contributed by atoms with Crippen LogP contribution < -0.4 is 0 Å². The fourth-order valence-corrected chi connectivity index (χ4v) is 2.69. The molecule has 1 N–H and O–H groups in total. The van der Waals surface area contributed by atoms with E-state index in [1.54, 1.807) is 4.90 Å². The summed E-state index contributed by atoms with van der Waals surface area (Å²) in [6, 6.07) is 4.21. The van der Waals surface area contributed by atoms with E-state index in [1.807, 2.05) is 0 Å². The minimum atomic E-state index is -0.595. The smallest absolute Gasteiger partial charge is 0.254 e. The molecule has 0 aliphatic heterocycles. The van der Waals surface area contributed by atoms with Gasteiger partial charge in [-0.3, -0.25) is 4.79 Å². The molecular formula is C14H17ClFNO2. The summed E-state index contributed by atoms with van der Waals surface area (Å²) in [6.07, 6.45) is 4.08. The summed E-state index contributed by atoms with van der Waals surface area (Å²) in [5.74, 6) is -0.834. The van der Waals surface area contributed by atoms with Crippen LogP contribution in [-0.4, -0.2) is 35.1 Å². The van der Waals surface area contributed by atoms with E-state index < -0.39 is 5.82 Å². The van der Waals surface area contributed by atoms with Crippen molar-refractivity contribution in [1.82, 2.24) is 4.90 Å². The molecule has 0 atom stereocenters. The zero-order valence-corrected chi connectivity index (χ0v) is 11.4. The number of amides is 1. The molecule has 2 rings (SSSR count). The predicted octanol–water partition coefficient (Wildman–Crippen LogP) is 2.86. The fourth-order valence-electron chi connectivity index (χ4n) is 2.57. The molecule has 0 aromatic heterocycles. The molecule has 19 heavy (non-hydrogen) atoms. The Kier molecular flexibility index (Phi) is 4.77. The third kappa shape index (κ3) is 3.25. The number of aliphatic hydroxyl groups excluding tert-OH is 1. The van der Waals surface area contributed by atoms with Gasteiger partial charge < -0.3 is 10.0 Å². The average molecular weight is 286 g/mol. The van der Waals surface area contributed by atoms with E-state index in [4.69, 9.17) is 16.7 Å². The van der Waals surface area contributed by atoms with E-state index in [9.17, 15) is 9.18 Å². The number of rotatable bonds is 4. The number of hydrogen-bond acceptors (Lipinski definition) is 2. The molecule has 0 saturated heterocycles. The van der Waals surface area contributed by atoms with Gasteiger partial charge in [0.25, 0.3) is 5.91 Å². The van der Waals surface area contributed by atoms with Crippen LogP contribution in [-0.2, 0) is 0 Å². The van der Waals surface area contributed by atoms with Gasteiger partial charge in [-0.05, 0) is 31.0 Å². The molecular weight excluding hydrogens is 269 g/mol. The number of hydrogen-bond donors (Lipinski definition) is 1. The lowest BCUT2D eigenvalue weighted by Crippen LogP contribution is -2.40. The van der Waals surface area contributed by atoms with E-state index in [0.29, 0.717) is 0 Å². The van der Waals surface area contributed by atoms with Crippen LogP contribution in [0.25, 0.3) is 0 Å². The first kappa shape index (κ1) is 14.3. The number of benzene rings is 1. The highest BCUT2D eigenvalue weighted by molar-refractivity contribution is 6.30. The van der Waals surface area contributed by atoms with E-state index in [0.717, 1.165) is 31.7 Å². The Balaban J connectivity index is 2.20. The van der Waals surface area contributed by atoms with Crippen LogP contribution in [0, 0.1) is 5.82 Å². The quantitative estimate of drug-likeness (QED) is 0.924. The van der Waals surface area contributed by atoms with Crippen LogP contribution in [0.1, 0.15) is 36.0 Å². The van der Waals surface area contributed by atoms with Gasteiger partial charge in [-0.25, -0.2) is 4.39 Å². The van der Waals surface area contributed by atoms with Gasteiger partial charge in [0, 0.05) is 18.2 Å². The Morgan fingerprint density at radius 1 is 1.42 bits per heavy atom. The lowest BCUT2D eigenvalue weighted by Gasteiger charge is -2.28. The molecule has 0 spiro atoms. The highest BCUT2D eigenvalue weighted by Crippen LogP contribution is 2.25. The molecule has 104 valence electrons. The highest BCUT2D eigenvalue weighted by Gasteiger charge is 2.27. The molecule has 0 bridgehead atoms. The Morgan fingerprint density at radius 2 is 2.11 bits per heavy atom. The summed E-state index contributed by atoms with van der Waals surface area (Å²) in [4.78, 5) is 14.0. The number of carbonyl (C=O) groups excluding carboxylic acids is 1. The summed E-state index contributed by atoms with van der Waals surface area (Å²) in [5.41, 5.74) is 0.280. The van der Waals surface area contributed by atoms with E-state index in [1.165, 1.54) is 12.1 Å². The highest BCUT2D eigenvalue weighted by atomic mass is 35.5. The van der Waals surface area contributed by atoms with Gasteiger partial charge in [-0.15, -0.1) is 0 Å². The second-order valence-electron chi connectivity index (χ2n) is 4.79. The Hall–Kier alpha value is -1.13. The van der Waals surface area contributed by atoms with Crippen molar-refractivity contribution in [2.45, 2.75) is 31.7 Å². The second kappa shape index (κ2) is 6.35. The summed E-state index contributed by atoms with van der Waals surface area (Å²) >= 11 is 5.61. The molecule has 1 amide bonds. The summed E-state index contributed by atoms with van der Waals surface area (Å²) in [5, 5.41) is 9.11. The lowest BCUT2D eigenvalue weighted by atomic mass is 10.1. The second-order valence-corrected chi connectivity index (χ2v) is 5.20. The van der Waals surface area contributed by atoms with Crippen LogP contribution >= 0.6 is 11.6 Å². The predicted molar refractivity (Wildman–Crippen MR) is 71.8 cm³/mol. The van der Waals surface area contributed by atoms with E-state index >= 15 is 0 Å². The summed E-state index contributed by atoms with van der Waals surface area (Å²) in [6.45, 7) is 0.200. The first-order valence-electron chi connectivity index (χ1n) is 6.50. The Bertz CT molecular complexity index is 461. The van der Waals surface area contributed by atoms with Crippen molar-refractivity contribution in [1.29, 1.82) is 0 Å². The first-order chi connectivity index (χ1) is 9.13. The van der Waals surface area contributed by atoms with Gasteiger partial charge in [0.15, 0.2) is 0 Å². The third-order valence-electron chi connectivity index (χ3n) is 3.53. The molecule has 1 aliphatic rings. The van der Waals surface area contributed by atoms with Crippen molar-refractivity contribution in [3.8, 4) is 0 Å². The molecule has 1 aromatic carbocycles. The van der Waals surface area contributed by atoms with Crippen molar-refractivity contribution in [3.63, 3.8) is 0 Å². The maximum atomic E-state index is 13.4. The van der Waals surface area contributed by atoms with Crippen molar-refractivity contribution in [3.05, 3.63) is 34.6 Å². The van der Waals surface area contributed by atoms with Crippen LogP contribution in [0.4, 0.5) is 4.39 Å². The maximum Gasteiger partial charge on any atom is 0.254 e. The van der Waals surface area contributed by atoms with Crippen LogP contribution in [0.2, 0.25) is 5.02 Å². The Morgan fingerprint density at radius 3 is 2.68 bits per heavy atom. The van der Waals surface area contributed by atoms with Crippen LogP contribution in [0.15, 0.2) is 18.2 Å². The topological polar surface area (TPSA) is 40.5 Å². The molecule has 1 aromatic rings. The number of halogens is 2. The van der Waals surface area contributed by atoms with Crippen molar-refractivity contribution >= 4 is 17.5 Å². The van der Waals surface area contributed by atoms with Crippen molar-refractivity contribution in [2.24, 2.45) is 0 Å². The molecule has 3 nitrogen and oxygen atoms in total. The molecule has 0 unspecified atom stereocenters. The molecule has 5 heteroatoms. The van der Waals surface area contributed by atoms with Gasteiger partial charge in [-0.2, -0.15) is 0 Å². The van der Waals surface area contributed by atoms with E-state index in [-0.39, 0.29) is 35.7 Å². The van der Waals surface area contributed by atoms with Gasteiger partial charge in [0.1, 0.15) is 5.82 Å². The normalized spacial score (nSPS) is 15.7. The average Bonchev–Trinajstić information content (AvgIpc) is 2.92. The van der Waals surface area contributed by atoms with Crippen molar-refractivity contribution < 1.29 is 14.3 Å². The molecule has 1 aliphatic carbocycles. The van der Waals surface area contributed by atoms with Gasteiger partial charge in [0.05, 0.1) is 11.6 Å². The minimum absolute atomic E-state index is 0.00567. The molecule has 1 fully saturated rings. The molecule has 0 heterocycles. The number of nitrogens with zero attached hydrogens (tertiary/aromatic N) is 1. The zero-order chi connectivity index (χ0) is 13.8. The Labute approximate surface area is 117 Å². The minimum Gasteiger partial charge on any atom is -0.395 e. The monoisotopic (exact) mass is 285 g/mol. The first-order valence-corrected chi connectivity index (χ1v) is 6.88. The summed E-state index contributed by atoms with van der Waals surface area (Å²) < 4.78 is 13.4. The largest absolute Gasteiger partial charge is 0.395 e. The molecule has 1 saturated carbocycles. The lowest BCUT2D eigenvalue weighted by molar-refractivity contribution is 0.0637.